The Morgan fingerprint density at radius 3 is 2.63 bits per heavy atom. The minimum Gasteiger partial charge on any atom is -0.507 e. The van der Waals surface area contributed by atoms with Gasteiger partial charge in [-0.15, -0.1) is 5.10 Å². The average molecular weight is 255 g/mol. The summed E-state index contributed by atoms with van der Waals surface area (Å²) < 4.78 is 1.24. The molecule has 0 bridgehead atoms. The van der Waals surface area contributed by atoms with E-state index in [0.717, 1.165) is 0 Å². The van der Waals surface area contributed by atoms with Crippen LogP contribution in [0.25, 0.3) is 16.5 Å². The van der Waals surface area contributed by atoms with Crippen molar-refractivity contribution in [1.82, 2.24) is 15.0 Å². The van der Waals surface area contributed by atoms with E-state index in [-0.39, 0.29) is 11.4 Å². The zero-order valence-corrected chi connectivity index (χ0v) is 9.69. The fourth-order valence-corrected chi connectivity index (χ4v) is 2.02. The Hall–Kier alpha value is -2.89. The van der Waals surface area contributed by atoms with Crippen LogP contribution in [0.2, 0.25) is 0 Å². The number of phenols is 1. The highest BCUT2D eigenvalue weighted by Gasteiger charge is 2.15. The minimum absolute atomic E-state index is 0.0316. The van der Waals surface area contributed by atoms with Crippen LogP contribution in [-0.4, -0.2) is 31.2 Å². The van der Waals surface area contributed by atoms with Crippen LogP contribution in [0.5, 0.6) is 5.75 Å². The molecular formula is C13H9N3O3. The zero-order chi connectivity index (χ0) is 13.4. The van der Waals surface area contributed by atoms with Crippen LogP contribution in [0.15, 0.2) is 42.6 Å². The van der Waals surface area contributed by atoms with Crippen LogP contribution >= 0.6 is 0 Å². The second kappa shape index (κ2) is 4.09. The second-order valence-corrected chi connectivity index (χ2v) is 3.99. The van der Waals surface area contributed by atoms with Gasteiger partial charge in [0.1, 0.15) is 5.75 Å². The van der Waals surface area contributed by atoms with Crippen molar-refractivity contribution < 1.29 is 15.0 Å². The van der Waals surface area contributed by atoms with Crippen molar-refractivity contribution in [2.75, 3.05) is 0 Å². The lowest BCUT2D eigenvalue weighted by Crippen LogP contribution is -2.08. The molecule has 0 aliphatic rings. The quantitative estimate of drug-likeness (QED) is 0.729. The molecule has 1 aromatic heterocycles. The van der Waals surface area contributed by atoms with Gasteiger partial charge in [0.15, 0.2) is 5.69 Å². The van der Waals surface area contributed by atoms with Crippen molar-refractivity contribution in [3.05, 3.63) is 48.3 Å². The maximum atomic E-state index is 11.1. The molecular weight excluding hydrogens is 246 g/mol. The fourth-order valence-electron chi connectivity index (χ4n) is 2.02. The molecule has 3 aromatic rings. The number of aromatic carboxylic acids is 1. The lowest BCUT2D eigenvalue weighted by Gasteiger charge is -2.08. The molecule has 1 heterocycles. The van der Waals surface area contributed by atoms with E-state index in [2.05, 4.69) is 10.3 Å². The molecule has 2 N–H and O–H groups in total. The summed E-state index contributed by atoms with van der Waals surface area (Å²) in [6, 6.07) is 10.3. The summed E-state index contributed by atoms with van der Waals surface area (Å²) in [7, 11) is 0. The number of phenolic OH excluding ortho intramolecular Hbond substituents is 1. The number of aromatic nitrogens is 3. The van der Waals surface area contributed by atoms with Crippen LogP contribution in [0.4, 0.5) is 0 Å². The maximum absolute atomic E-state index is 11.1. The molecule has 0 aliphatic carbocycles. The van der Waals surface area contributed by atoms with Gasteiger partial charge in [-0.3, -0.25) is 0 Å². The number of aromatic hydroxyl groups is 1. The highest BCUT2D eigenvalue weighted by Crippen LogP contribution is 2.28. The number of fused-ring (bicyclic) bond motifs is 1. The summed E-state index contributed by atoms with van der Waals surface area (Å²) in [5.74, 6) is -0.974. The first-order chi connectivity index (χ1) is 9.18. The lowest BCUT2D eigenvalue weighted by atomic mass is 10.1. The molecule has 0 aliphatic heterocycles. The van der Waals surface area contributed by atoms with Crippen LogP contribution in [0.1, 0.15) is 10.5 Å². The molecule has 6 heteroatoms. The number of carboxylic acid groups (broad SMARTS) is 1. The van der Waals surface area contributed by atoms with Crippen LogP contribution in [0.3, 0.4) is 0 Å². The van der Waals surface area contributed by atoms with Crippen molar-refractivity contribution in [1.29, 1.82) is 0 Å². The molecule has 3 rings (SSSR count). The van der Waals surface area contributed by atoms with Gasteiger partial charge in [0.05, 0.1) is 11.9 Å². The van der Waals surface area contributed by atoms with Crippen molar-refractivity contribution in [2.24, 2.45) is 0 Å². The smallest absolute Gasteiger partial charge is 0.356 e. The number of hydrogen-bond acceptors (Lipinski definition) is 4. The Labute approximate surface area is 107 Å². The van der Waals surface area contributed by atoms with Gasteiger partial charge in [0.25, 0.3) is 0 Å². The predicted molar refractivity (Wildman–Crippen MR) is 67.5 cm³/mol. The minimum atomic E-state index is -1.11. The summed E-state index contributed by atoms with van der Waals surface area (Å²) in [6.07, 6.45) is 1.18. The van der Waals surface area contributed by atoms with E-state index in [1.807, 2.05) is 0 Å². The summed E-state index contributed by atoms with van der Waals surface area (Å²) in [5, 5.41) is 27.6. The first-order valence-corrected chi connectivity index (χ1v) is 5.53. The van der Waals surface area contributed by atoms with Crippen molar-refractivity contribution in [2.45, 2.75) is 0 Å². The van der Waals surface area contributed by atoms with Gasteiger partial charge in [-0.2, -0.15) is 0 Å². The van der Waals surface area contributed by atoms with Crippen LogP contribution in [0, 0.1) is 0 Å². The van der Waals surface area contributed by atoms with E-state index in [0.29, 0.717) is 16.5 Å². The molecule has 0 spiro atoms. The second-order valence-electron chi connectivity index (χ2n) is 3.99. The number of carbonyl (C=O) groups is 1. The van der Waals surface area contributed by atoms with E-state index in [1.54, 1.807) is 36.4 Å². The third kappa shape index (κ3) is 1.70. The van der Waals surface area contributed by atoms with Crippen LogP contribution in [-0.2, 0) is 0 Å². The van der Waals surface area contributed by atoms with E-state index >= 15 is 0 Å². The van der Waals surface area contributed by atoms with Gasteiger partial charge in [-0.05, 0) is 12.1 Å². The average Bonchev–Trinajstić information content (AvgIpc) is 2.88. The van der Waals surface area contributed by atoms with Crippen molar-refractivity contribution in [3.63, 3.8) is 0 Å². The van der Waals surface area contributed by atoms with E-state index in [4.69, 9.17) is 5.11 Å². The molecule has 0 saturated heterocycles. The number of rotatable bonds is 2. The summed E-state index contributed by atoms with van der Waals surface area (Å²) in [4.78, 5) is 11.1. The number of carboxylic acids is 1. The highest BCUT2D eigenvalue weighted by atomic mass is 16.4. The van der Waals surface area contributed by atoms with Gasteiger partial charge in [0.2, 0.25) is 0 Å². The van der Waals surface area contributed by atoms with Gasteiger partial charge in [-0.1, -0.05) is 29.5 Å². The van der Waals surface area contributed by atoms with E-state index in [1.165, 1.54) is 10.9 Å². The van der Waals surface area contributed by atoms with Crippen molar-refractivity contribution in [3.8, 4) is 11.4 Å². The number of benzene rings is 2. The summed E-state index contributed by atoms with van der Waals surface area (Å²) in [6.45, 7) is 0. The first kappa shape index (κ1) is 11.2. The molecule has 0 radical (unpaired) electrons. The first-order valence-electron chi connectivity index (χ1n) is 5.53. The monoisotopic (exact) mass is 255 g/mol. The number of hydrogen-bond donors (Lipinski definition) is 2. The predicted octanol–water partition coefficient (Wildman–Crippen LogP) is 1.82. The Morgan fingerprint density at radius 2 is 1.84 bits per heavy atom. The Balaban J connectivity index is 2.34. The summed E-state index contributed by atoms with van der Waals surface area (Å²) >= 11 is 0. The third-order valence-corrected chi connectivity index (χ3v) is 2.87. The molecule has 19 heavy (non-hydrogen) atoms. The SMILES string of the molecule is O=C(O)c1cnnn1-c1cccc2c(O)cccc12. The normalized spacial score (nSPS) is 10.7. The fraction of sp³-hybridized carbons (Fsp3) is 0. The van der Waals surface area contributed by atoms with Gasteiger partial charge in [-0.25, -0.2) is 9.48 Å². The standard InChI is InChI=1S/C13H9N3O3/c17-12-6-2-3-8-9(12)4-1-5-10(8)16-11(13(18)19)7-14-15-16/h1-7,17H,(H,18,19). The Bertz CT molecular complexity index is 780. The highest BCUT2D eigenvalue weighted by molar-refractivity contribution is 5.95. The summed E-state index contributed by atoms with van der Waals surface area (Å²) in [5.41, 5.74) is 0.527. The maximum Gasteiger partial charge on any atom is 0.356 e. The van der Waals surface area contributed by atoms with Crippen LogP contribution < -0.4 is 0 Å². The molecule has 0 amide bonds. The molecule has 6 nitrogen and oxygen atoms in total. The van der Waals surface area contributed by atoms with Gasteiger partial charge >= 0.3 is 5.97 Å². The zero-order valence-electron chi connectivity index (χ0n) is 9.69. The lowest BCUT2D eigenvalue weighted by molar-refractivity contribution is 0.0687. The Morgan fingerprint density at radius 1 is 1.11 bits per heavy atom. The molecule has 0 fully saturated rings. The number of nitrogens with zero attached hydrogens (tertiary/aromatic N) is 3. The largest absolute Gasteiger partial charge is 0.507 e. The molecule has 2 aromatic carbocycles. The van der Waals surface area contributed by atoms with Crippen molar-refractivity contribution >= 4 is 16.7 Å². The molecule has 0 unspecified atom stereocenters. The molecule has 0 atom stereocenters. The topological polar surface area (TPSA) is 88.2 Å². The molecule has 94 valence electrons. The van der Waals surface area contributed by atoms with E-state index in [9.17, 15) is 9.90 Å². The van der Waals surface area contributed by atoms with Gasteiger partial charge in [0, 0.05) is 10.8 Å². The molecule has 0 saturated carbocycles. The van der Waals surface area contributed by atoms with E-state index < -0.39 is 5.97 Å². The van der Waals surface area contributed by atoms with Gasteiger partial charge < -0.3 is 10.2 Å². The Kier molecular flexibility index (Phi) is 2.42. The third-order valence-electron chi connectivity index (χ3n) is 2.87.